The second-order valence-electron chi connectivity index (χ2n) is 6.90. The molecule has 0 amide bonds. The van der Waals surface area contributed by atoms with Gasteiger partial charge in [-0.2, -0.15) is 4.98 Å². The molecule has 4 rings (SSSR count). The van der Waals surface area contributed by atoms with Crippen LogP contribution in [0.15, 0.2) is 28.4 Å². The van der Waals surface area contributed by atoms with Crippen LogP contribution in [0.1, 0.15) is 50.8 Å². The summed E-state index contributed by atoms with van der Waals surface area (Å²) in [5.41, 5.74) is 2.52. The Kier molecular flexibility index (Phi) is 4.76. The number of rotatable bonds is 4. The lowest BCUT2D eigenvalue weighted by molar-refractivity contribution is 0.353. The molecule has 0 aromatic carbocycles. The van der Waals surface area contributed by atoms with Crippen molar-refractivity contribution in [3.63, 3.8) is 0 Å². The molecule has 0 bridgehead atoms. The molecule has 0 atom stereocenters. The quantitative estimate of drug-likeness (QED) is 0.721. The first-order chi connectivity index (χ1) is 12.7. The summed E-state index contributed by atoms with van der Waals surface area (Å²) in [5, 5.41) is 6.18. The molecule has 3 heterocycles. The molecule has 1 N–H and O–H groups in total. The molecule has 6 heteroatoms. The van der Waals surface area contributed by atoms with E-state index < -0.39 is 0 Å². The van der Waals surface area contributed by atoms with Gasteiger partial charge in [0.15, 0.2) is 0 Å². The number of aromatic nitrogens is 3. The van der Waals surface area contributed by atoms with Crippen molar-refractivity contribution in [1.29, 1.82) is 0 Å². The van der Waals surface area contributed by atoms with Crippen LogP contribution in [0, 0.1) is 6.92 Å². The number of nitrogens with one attached hydrogen (secondary N) is 1. The van der Waals surface area contributed by atoms with E-state index in [0.717, 1.165) is 46.6 Å². The molecule has 5 nitrogen and oxygen atoms in total. The largest absolute Gasteiger partial charge is 0.354 e. The predicted octanol–water partition coefficient (Wildman–Crippen LogP) is 4.77. The van der Waals surface area contributed by atoms with Crippen molar-refractivity contribution in [2.45, 2.75) is 52.0 Å². The van der Waals surface area contributed by atoms with E-state index in [4.69, 9.17) is 4.98 Å². The highest BCUT2D eigenvalue weighted by Crippen LogP contribution is 2.32. The van der Waals surface area contributed by atoms with E-state index >= 15 is 0 Å². The van der Waals surface area contributed by atoms with Gasteiger partial charge in [-0.05, 0) is 44.2 Å². The SMILES string of the molecule is CCNc1nc(C)c2cc(-c3cccs3)c(=O)n(C3CCCCC3)c2n1. The summed E-state index contributed by atoms with van der Waals surface area (Å²) in [6.45, 7) is 4.78. The Balaban J connectivity index is 2.02. The van der Waals surface area contributed by atoms with Gasteiger partial charge in [0.1, 0.15) is 5.65 Å². The summed E-state index contributed by atoms with van der Waals surface area (Å²) in [4.78, 5) is 23.8. The van der Waals surface area contributed by atoms with E-state index in [2.05, 4.69) is 10.3 Å². The lowest BCUT2D eigenvalue weighted by atomic mass is 9.94. The number of hydrogen-bond acceptors (Lipinski definition) is 5. The molecule has 0 unspecified atom stereocenters. The second-order valence-corrected chi connectivity index (χ2v) is 7.85. The number of pyridine rings is 1. The Morgan fingerprint density at radius 2 is 2.08 bits per heavy atom. The third-order valence-corrected chi connectivity index (χ3v) is 6.05. The van der Waals surface area contributed by atoms with Gasteiger partial charge in [-0.15, -0.1) is 11.3 Å². The third kappa shape index (κ3) is 3.03. The fourth-order valence-electron chi connectivity index (χ4n) is 3.87. The maximum atomic E-state index is 13.4. The fraction of sp³-hybridized carbons (Fsp3) is 0.450. The molecule has 0 aliphatic heterocycles. The van der Waals surface area contributed by atoms with E-state index in [-0.39, 0.29) is 11.6 Å². The van der Waals surface area contributed by atoms with Crippen molar-refractivity contribution in [3.05, 3.63) is 39.6 Å². The topological polar surface area (TPSA) is 59.8 Å². The lowest BCUT2D eigenvalue weighted by Crippen LogP contribution is -2.28. The van der Waals surface area contributed by atoms with Gasteiger partial charge in [0.25, 0.3) is 5.56 Å². The van der Waals surface area contributed by atoms with E-state index in [1.165, 1.54) is 19.3 Å². The summed E-state index contributed by atoms with van der Waals surface area (Å²) >= 11 is 1.60. The van der Waals surface area contributed by atoms with Gasteiger partial charge in [0.2, 0.25) is 5.95 Å². The van der Waals surface area contributed by atoms with Gasteiger partial charge in [-0.3, -0.25) is 9.36 Å². The molecule has 0 radical (unpaired) electrons. The summed E-state index contributed by atoms with van der Waals surface area (Å²) in [7, 11) is 0. The molecule has 3 aromatic rings. The zero-order chi connectivity index (χ0) is 18.1. The van der Waals surface area contributed by atoms with E-state index in [0.29, 0.717) is 5.95 Å². The summed E-state index contributed by atoms with van der Waals surface area (Å²) in [6, 6.07) is 6.21. The minimum atomic E-state index is 0.0763. The van der Waals surface area contributed by atoms with Gasteiger partial charge in [-0.25, -0.2) is 4.98 Å². The average molecular weight is 369 g/mol. The van der Waals surface area contributed by atoms with Crippen molar-refractivity contribution >= 4 is 28.3 Å². The van der Waals surface area contributed by atoms with Gasteiger partial charge < -0.3 is 5.32 Å². The molecule has 1 saturated carbocycles. The molecule has 1 fully saturated rings. The highest BCUT2D eigenvalue weighted by molar-refractivity contribution is 7.13. The van der Waals surface area contributed by atoms with Crippen LogP contribution in [0.2, 0.25) is 0 Å². The Morgan fingerprint density at radius 3 is 2.77 bits per heavy atom. The van der Waals surface area contributed by atoms with Crippen LogP contribution < -0.4 is 10.9 Å². The minimum absolute atomic E-state index is 0.0763. The first-order valence-electron chi connectivity index (χ1n) is 9.40. The Morgan fingerprint density at radius 1 is 1.27 bits per heavy atom. The summed E-state index contributed by atoms with van der Waals surface area (Å²) in [6.07, 6.45) is 5.69. The van der Waals surface area contributed by atoms with Crippen LogP contribution in [0.4, 0.5) is 5.95 Å². The van der Waals surface area contributed by atoms with Crippen molar-refractivity contribution in [3.8, 4) is 10.4 Å². The number of hydrogen-bond donors (Lipinski definition) is 1. The van der Waals surface area contributed by atoms with Crippen molar-refractivity contribution in [1.82, 2.24) is 14.5 Å². The van der Waals surface area contributed by atoms with Gasteiger partial charge in [0, 0.05) is 22.8 Å². The Hall–Kier alpha value is -2.21. The number of nitrogens with zero attached hydrogens (tertiary/aromatic N) is 3. The summed E-state index contributed by atoms with van der Waals surface area (Å²) in [5.74, 6) is 0.602. The van der Waals surface area contributed by atoms with Crippen molar-refractivity contribution in [2.24, 2.45) is 0 Å². The van der Waals surface area contributed by atoms with E-state index in [1.807, 2.05) is 42.0 Å². The van der Waals surface area contributed by atoms with Gasteiger partial charge >= 0.3 is 0 Å². The third-order valence-electron chi connectivity index (χ3n) is 5.14. The van der Waals surface area contributed by atoms with Crippen LogP contribution in [-0.4, -0.2) is 21.1 Å². The molecule has 1 aliphatic rings. The van der Waals surface area contributed by atoms with Gasteiger partial charge in [0.05, 0.1) is 11.3 Å². The molecule has 136 valence electrons. The second kappa shape index (κ2) is 7.19. The smallest absolute Gasteiger partial charge is 0.261 e. The number of fused-ring (bicyclic) bond motifs is 1. The maximum absolute atomic E-state index is 13.4. The Labute approximate surface area is 157 Å². The zero-order valence-corrected chi connectivity index (χ0v) is 16.1. The maximum Gasteiger partial charge on any atom is 0.261 e. The molecular weight excluding hydrogens is 344 g/mol. The van der Waals surface area contributed by atoms with Crippen LogP contribution in [0.3, 0.4) is 0 Å². The van der Waals surface area contributed by atoms with Crippen LogP contribution in [-0.2, 0) is 0 Å². The molecule has 3 aromatic heterocycles. The predicted molar refractivity (Wildman–Crippen MR) is 108 cm³/mol. The number of aryl methyl sites for hydroxylation is 1. The average Bonchev–Trinajstić information content (AvgIpc) is 3.17. The Bertz CT molecular complexity index is 972. The zero-order valence-electron chi connectivity index (χ0n) is 15.3. The first-order valence-corrected chi connectivity index (χ1v) is 10.3. The molecule has 26 heavy (non-hydrogen) atoms. The monoisotopic (exact) mass is 368 g/mol. The van der Waals surface area contributed by atoms with Crippen molar-refractivity contribution < 1.29 is 0 Å². The molecule has 1 aliphatic carbocycles. The van der Waals surface area contributed by atoms with Crippen LogP contribution in [0.5, 0.6) is 0 Å². The normalized spacial score (nSPS) is 15.5. The van der Waals surface area contributed by atoms with Crippen LogP contribution in [0.25, 0.3) is 21.5 Å². The highest BCUT2D eigenvalue weighted by Gasteiger charge is 2.23. The lowest BCUT2D eigenvalue weighted by Gasteiger charge is -2.26. The molecule has 0 spiro atoms. The highest BCUT2D eigenvalue weighted by atomic mass is 32.1. The summed E-state index contributed by atoms with van der Waals surface area (Å²) < 4.78 is 1.96. The molecular formula is C20H24N4OS. The van der Waals surface area contributed by atoms with E-state index in [1.54, 1.807) is 11.3 Å². The molecule has 0 saturated heterocycles. The number of thiophene rings is 1. The van der Waals surface area contributed by atoms with Crippen molar-refractivity contribution in [2.75, 3.05) is 11.9 Å². The minimum Gasteiger partial charge on any atom is -0.354 e. The fourth-order valence-corrected chi connectivity index (χ4v) is 4.61. The first kappa shape index (κ1) is 17.2. The van der Waals surface area contributed by atoms with Crippen LogP contribution >= 0.6 is 11.3 Å². The van der Waals surface area contributed by atoms with Gasteiger partial charge in [-0.1, -0.05) is 25.3 Å². The standard InChI is InChI=1S/C20H24N4OS/c1-3-21-20-22-13(2)15-12-16(17-10-7-11-26-17)19(25)24(18(15)23-20)14-8-5-4-6-9-14/h7,10-12,14H,3-6,8-9H2,1-2H3,(H,21,22,23). The van der Waals surface area contributed by atoms with E-state index in [9.17, 15) is 4.79 Å². The number of anilines is 1.